The number of hydrogen-bond acceptors (Lipinski definition) is 2. The predicted octanol–water partition coefficient (Wildman–Crippen LogP) is 4.18. The van der Waals surface area contributed by atoms with Crippen molar-refractivity contribution in [2.75, 3.05) is 0 Å². The number of thiazole rings is 1. The maximum atomic E-state index is 6.14. The molecule has 1 nitrogen and oxygen atoms in total. The van der Waals surface area contributed by atoms with E-state index in [2.05, 4.69) is 17.3 Å². The Morgan fingerprint density at radius 1 is 1.50 bits per heavy atom. The molecule has 1 aromatic rings. The van der Waals surface area contributed by atoms with E-state index in [0.717, 1.165) is 25.0 Å². The van der Waals surface area contributed by atoms with Crippen LogP contribution in [0.2, 0.25) is 0 Å². The average molecular weight is 232 g/mol. The Labute approximate surface area is 95.5 Å². The van der Waals surface area contributed by atoms with E-state index >= 15 is 0 Å². The van der Waals surface area contributed by atoms with Crippen LogP contribution in [0, 0.1) is 6.92 Å². The fourth-order valence-corrected chi connectivity index (χ4v) is 2.64. The van der Waals surface area contributed by atoms with Crippen LogP contribution in [0.1, 0.15) is 43.3 Å². The summed E-state index contributed by atoms with van der Waals surface area (Å²) >= 11 is 7.90. The van der Waals surface area contributed by atoms with Crippen LogP contribution in [-0.4, -0.2) is 10.4 Å². The largest absolute Gasteiger partial charge is 0.247 e. The Morgan fingerprint density at radius 2 is 2.29 bits per heavy atom. The summed E-state index contributed by atoms with van der Waals surface area (Å²) in [6.45, 7) is 4.22. The molecule has 0 fully saturated rings. The quantitative estimate of drug-likeness (QED) is 0.670. The SMILES string of the molecule is CCCC(Cl)CCCc1nc(C)cs1. The molecule has 3 heteroatoms. The van der Waals surface area contributed by atoms with Crippen LogP contribution in [-0.2, 0) is 6.42 Å². The third-order valence-corrected chi connectivity index (χ3v) is 3.64. The lowest BCUT2D eigenvalue weighted by Gasteiger charge is -2.05. The van der Waals surface area contributed by atoms with Gasteiger partial charge in [0.15, 0.2) is 0 Å². The van der Waals surface area contributed by atoms with Gasteiger partial charge in [0.1, 0.15) is 0 Å². The van der Waals surface area contributed by atoms with Crippen LogP contribution < -0.4 is 0 Å². The van der Waals surface area contributed by atoms with Gasteiger partial charge in [0.05, 0.1) is 5.01 Å². The minimum absolute atomic E-state index is 0.362. The van der Waals surface area contributed by atoms with E-state index in [0.29, 0.717) is 5.38 Å². The Balaban J connectivity index is 2.15. The molecule has 80 valence electrons. The summed E-state index contributed by atoms with van der Waals surface area (Å²) < 4.78 is 0. The number of aryl methyl sites for hydroxylation is 2. The van der Waals surface area contributed by atoms with E-state index in [4.69, 9.17) is 11.6 Å². The summed E-state index contributed by atoms with van der Waals surface area (Å²) in [6.07, 6.45) is 5.70. The molecular weight excluding hydrogens is 214 g/mol. The van der Waals surface area contributed by atoms with Gasteiger partial charge in [0.25, 0.3) is 0 Å². The zero-order chi connectivity index (χ0) is 10.4. The highest BCUT2D eigenvalue weighted by Gasteiger charge is 2.04. The first-order chi connectivity index (χ1) is 6.72. The van der Waals surface area contributed by atoms with Gasteiger partial charge in [-0.1, -0.05) is 13.3 Å². The van der Waals surface area contributed by atoms with E-state index < -0.39 is 0 Å². The summed E-state index contributed by atoms with van der Waals surface area (Å²) in [5, 5.41) is 3.73. The van der Waals surface area contributed by atoms with E-state index in [1.54, 1.807) is 11.3 Å². The minimum Gasteiger partial charge on any atom is -0.247 e. The van der Waals surface area contributed by atoms with Crippen molar-refractivity contribution in [3.8, 4) is 0 Å². The average Bonchev–Trinajstić information content (AvgIpc) is 2.52. The lowest BCUT2D eigenvalue weighted by Crippen LogP contribution is -1.98. The summed E-state index contributed by atoms with van der Waals surface area (Å²) in [5.74, 6) is 0. The second-order valence-corrected chi connectivity index (χ2v) is 5.22. The van der Waals surface area contributed by atoms with Gasteiger partial charge in [-0.3, -0.25) is 0 Å². The van der Waals surface area contributed by atoms with Crippen LogP contribution in [0.5, 0.6) is 0 Å². The van der Waals surface area contributed by atoms with Gasteiger partial charge >= 0.3 is 0 Å². The summed E-state index contributed by atoms with van der Waals surface area (Å²) in [7, 11) is 0. The van der Waals surface area contributed by atoms with E-state index in [1.165, 1.54) is 17.8 Å². The van der Waals surface area contributed by atoms with Crippen LogP contribution >= 0.6 is 22.9 Å². The molecule has 1 heterocycles. The normalized spacial score (nSPS) is 13.1. The number of nitrogens with zero attached hydrogens (tertiary/aromatic N) is 1. The number of alkyl halides is 1. The van der Waals surface area contributed by atoms with E-state index in [-0.39, 0.29) is 0 Å². The van der Waals surface area contributed by atoms with Crippen LogP contribution in [0.25, 0.3) is 0 Å². The van der Waals surface area contributed by atoms with Crippen LogP contribution in [0.15, 0.2) is 5.38 Å². The first-order valence-electron chi connectivity index (χ1n) is 5.27. The fourth-order valence-electron chi connectivity index (χ4n) is 1.45. The first kappa shape index (κ1) is 12.0. The van der Waals surface area contributed by atoms with Crippen molar-refractivity contribution in [2.45, 2.75) is 51.3 Å². The Morgan fingerprint density at radius 3 is 2.86 bits per heavy atom. The molecule has 0 saturated carbocycles. The van der Waals surface area contributed by atoms with Crippen molar-refractivity contribution in [2.24, 2.45) is 0 Å². The standard InChI is InChI=1S/C11H18ClNS/c1-3-5-10(12)6-4-7-11-13-9(2)8-14-11/h8,10H,3-7H2,1-2H3. The molecule has 1 unspecified atom stereocenters. The molecule has 0 N–H and O–H groups in total. The van der Waals surface area contributed by atoms with E-state index in [9.17, 15) is 0 Å². The van der Waals surface area contributed by atoms with Gasteiger partial charge in [0.2, 0.25) is 0 Å². The van der Waals surface area contributed by atoms with Gasteiger partial charge in [-0.2, -0.15) is 0 Å². The first-order valence-corrected chi connectivity index (χ1v) is 6.59. The molecule has 0 bridgehead atoms. The van der Waals surface area contributed by atoms with Crippen molar-refractivity contribution >= 4 is 22.9 Å². The molecular formula is C11H18ClNS. The summed E-state index contributed by atoms with van der Waals surface area (Å²) in [6, 6.07) is 0. The highest BCUT2D eigenvalue weighted by atomic mass is 35.5. The maximum absolute atomic E-state index is 6.14. The summed E-state index contributed by atoms with van der Waals surface area (Å²) in [4.78, 5) is 4.43. The van der Waals surface area contributed by atoms with Crippen molar-refractivity contribution in [1.82, 2.24) is 4.98 Å². The second kappa shape index (κ2) is 6.41. The van der Waals surface area contributed by atoms with Gasteiger partial charge in [-0.05, 0) is 32.6 Å². The molecule has 14 heavy (non-hydrogen) atoms. The van der Waals surface area contributed by atoms with Gasteiger partial charge in [-0.25, -0.2) is 4.98 Å². The number of hydrogen-bond donors (Lipinski definition) is 0. The Kier molecular flexibility index (Phi) is 5.49. The molecule has 0 radical (unpaired) electrons. The van der Waals surface area contributed by atoms with Crippen LogP contribution in [0.4, 0.5) is 0 Å². The molecule has 0 aliphatic heterocycles. The Bertz CT molecular complexity index is 260. The lowest BCUT2D eigenvalue weighted by molar-refractivity contribution is 0.639. The van der Waals surface area contributed by atoms with Crippen LogP contribution in [0.3, 0.4) is 0 Å². The molecule has 0 aliphatic carbocycles. The zero-order valence-electron chi connectivity index (χ0n) is 8.92. The monoisotopic (exact) mass is 231 g/mol. The lowest BCUT2D eigenvalue weighted by atomic mass is 10.1. The molecule has 0 spiro atoms. The molecule has 1 aromatic heterocycles. The predicted molar refractivity (Wildman–Crippen MR) is 64.3 cm³/mol. The fraction of sp³-hybridized carbons (Fsp3) is 0.727. The van der Waals surface area contributed by atoms with Gasteiger partial charge < -0.3 is 0 Å². The third-order valence-electron chi connectivity index (χ3n) is 2.18. The van der Waals surface area contributed by atoms with Gasteiger partial charge in [0, 0.05) is 16.5 Å². The molecule has 1 atom stereocenters. The van der Waals surface area contributed by atoms with Gasteiger partial charge in [-0.15, -0.1) is 22.9 Å². The number of halogens is 1. The minimum atomic E-state index is 0.362. The maximum Gasteiger partial charge on any atom is 0.0928 e. The van der Waals surface area contributed by atoms with Crippen molar-refractivity contribution < 1.29 is 0 Å². The zero-order valence-corrected chi connectivity index (χ0v) is 10.5. The Hall–Kier alpha value is -0.0800. The number of rotatable bonds is 6. The van der Waals surface area contributed by atoms with Crippen molar-refractivity contribution in [3.05, 3.63) is 16.1 Å². The topological polar surface area (TPSA) is 12.9 Å². The smallest absolute Gasteiger partial charge is 0.0928 e. The molecule has 1 rings (SSSR count). The summed E-state index contributed by atoms with van der Waals surface area (Å²) in [5.41, 5.74) is 1.14. The van der Waals surface area contributed by atoms with Crippen molar-refractivity contribution in [3.63, 3.8) is 0 Å². The highest BCUT2D eigenvalue weighted by Crippen LogP contribution is 2.16. The molecule has 0 aliphatic rings. The highest BCUT2D eigenvalue weighted by molar-refractivity contribution is 7.09. The van der Waals surface area contributed by atoms with E-state index in [1.807, 2.05) is 6.92 Å². The molecule has 0 saturated heterocycles. The van der Waals surface area contributed by atoms with Crippen molar-refractivity contribution in [1.29, 1.82) is 0 Å². The third kappa shape index (κ3) is 4.43. The second-order valence-electron chi connectivity index (χ2n) is 3.66. The molecule has 0 amide bonds. The number of aromatic nitrogens is 1. The molecule has 0 aromatic carbocycles.